The van der Waals surface area contributed by atoms with E-state index in [4.69, 9.17) is 0 Å². The van der Waals surface area contributed by atoms with Crippen LogP contribution in [0.25, 0.3) is 0 Å². The fourth-order valence-electron chi connectivity index (χ4n) is 2.45. The van der Waals surface area contributed by atoms with Crippen molar-refractivity contribution in [2.24, 2.45) is 0 Å². The van der Waals surface area contributed by atoms with Crippen molar-refractivity contribution in [2.75, 3.05) is 19.7 Å². The van der Waals surface area contributed by atoms with Gasteiger partial charge in [-0.3, -0.25) is 19.7 Å². The number of amides is 2. The van der Waals surface area contributed by atoms with Gasteiger partial charge < -0.3 is 20.5 Å². The fourth-order valence-corrected chi connectivity index (χ4v) is 2.45. The Morgan fingerprint density at radius 2 is 1.74 bits per heavy atom. The molecule has 0 unspecified atom stereocenters. The van der Waals surface area contributed by atoms with E-state index in [1.165, 1.54) is 24.3 Å². The van der Waals surface area contributed by atoms with Gasteiger partial charge in [-0.25, -0.2) is 0 Å². The highest BCUT2D eigenvalue weighted by Gasteiger charge is 2.29. The van der Waals surface area contributed by atoms with Crippen LogP contribution in [0.3, 0.4) is 0 Å². The summed E-state index contributed by atoms with van der Waals surface area (Å²) in [6.07, 6.45) is -4.33. The second kappa shape index (κ2) is 10.3. The molecule has 0 fully saturated rings. The highest BCUT2D eigenvalue weighted by molar-refractivity contribution is 5.98. The van der Waals surface area contributed by atoms with Gasteiger partial charge in [0.1, 0.15) is 17.1 Å². The van der Waals surface area contributed by atoms with Crippen LogP contribution in [-0.2, 0) is 0 Å². The van der Waals surface area contributed by atoms with Crippen LogP contribution in [0.2, 0.25) is 0 Å². The molecule has 0 heterocycles. The van der Waals surface area contributed by atoms with E-state index in [-0.39, 0.29) is 36.6 Å². The zero-order valence-electron chi connectivity index (χ0n) is 15.9. The molecular weight excluding hydrogens is 423 g/mol. The van der Waals surface area contributed by atoms with Gasteiger partial charge in [-0.15, -0.1) is 0 Å². The maximum absolute atomic E-state index is 12.3. The van der Waals surface area contributed by atoms with E-state index in [0.29, 0.717) is 0 Å². The van der Waals surface area contributed by atoms with Gasteiger partial charge in [-0.2, -0.15) is 13.2 Å². The van der Waals surface area contributed by atoms with E-state index >= 15 is 0 Å². The van der Waals surface area contributed by atoms with Gasteiger partial charge in [-0.05, 0) is 36.8 Å². The first kappa shape index (κ1) is 23.4. The third kappa shape index (κ3) is 7.49. The number of benzene rings is 2. The summed E-state index contributed by atoms with van der Waals surface area (Å²) in [4.78, 5) is 34.5. The highest BCUT2D eigenvalue weighted by atomic mass is 19.4. The summed E-state index contributed by atoms with van der Waals surface area (Å²) in [7, 11) is 0. The van der Waals surface area contributed by atoms with Crippen molar-refractivity contribution in [2.45, 2.75) is 12.6 Å². The number of aromatic hydroxyl groups is 1. The lowest BCUT2D eigenvalue weighted by Gasteiger charge is -2.11. The molecule has 0 saturated carbocycles. The summed E-state index contributed by atoms with van der Waals surface area (Å²) < 4.78 is 41.4. The molecule has 0 bridgehead atoms. The van der Waals surface area contributed by atoms with Gasteiger partial charge >= 0.3 is 6.18 Å². The number of carbonyl (C=O) groups is 2. The third-order valence-corrected chi connectivity index (χ3v) is 3.84. The number of nitrogens with zero attached hydrogens (tertiary/aromatic N) is 1. The molecule has 2 rings (SSSR count). The molecule has 12 heteroatoms. The minimum absolute atomic E-state index is 0.0317. The number of alkyl halides is 3. The molecule has 0 saturated heterocycles. The summed E-state index contributed by atoms with van der Waals surface area (Å²) >= 11 is 0. The predicted octanol–water partition coefficient (Wildman–Crippen LogP) is 2.79. The lowest BCUT2D eigenvalue weighted by molar-refractivity contribution is -0.385. The molecular formula is C19H18F3N3O6. The zero-order chi connectivity index (χ0) is 23.0. The first-order valence-corrected chi connectivity index (χ1v) is 8.90. The quantitative estimate of drug-likeness (QED) is 0.312. The summed E-state index contributed by atoms with van der Waals surface area (Å²) in [6.45, 7) is -1.42. The van der Waals surface area contributed by atoms with Crippen molar-refractivity contribution in [1.29, 1.82) is 0 Å². The standard InChI is InChI=1S/C19H18F3N3O6/c20-19(21,22)11-31-14-5-6-16(25(29)30)15(10-14)18(28)24-8-2-7-23-17(27)12-3-1-4-13(26)9-12/h1,3-6,9-10,26H,2,7-8,11H2,(H,23,27)(H,24,28). The van der Waals surface area contributed by atoms with Gasteiger partial charge in [-0.1, -0.05) is 6.07 Å². The first-order valence-electron chi connectivity index (χ1n) is 8.90. The highest BCUT2D eigenvalue weighted by Crippen LogP contribution is 2.25. The molecule has 0 spiro atoms. The Morgan fingerprint density at radius 3 is 2.35 bits per heavy atom. The second-order valence-corrected chi connectivity index (χ2v) is 6.26. The van der Waals surface area contributed by atoms with Crippen molar-refractivity contribution in [3.63, 3.8) is 0 Å². The number of carbonyl (C=O) groups excluding carboxylic acids is 2. The molecule has 9 nitrogen and oxygen atoms in total. The normalized spacial score (nSPS) is 10.9. The Kier molecular flexibility index (Phi) is 7.77. The molecule has 166 valence electrons. The van der Waals surface area contributed by atoms with Crippen LogP contribution < -0.4 is 15.4 Å². The first-order chi connectivity index (χ1) is 14.6. The smallest absolute Gasteiger partial charge is 0.422 e. The molecule has 0 aliphatic rings. The van der Waals surface area contributed by atoms with Gasteiger partial charge in [0.2, 0.25) is 0 Å². The monoisotopic (exact) mass is 441 g/mol. The van der Waals surface area contributed by atoms with Crippen LogP contribution in [-0.4, -0.2) is 47.7 Å². The van der Waals surface area contributed by atoms with Crippen LogP contribution in [0.1, 0.15) is 27.1 Å². The summed E-state index contributed by atoms with van der Waals surface area (Å²) in [5.74, 6) is -1.72. The lowest BCUT2D eigenvalue weighted by atomic mass is 10.1. The molecule has 0 aromatic heterocycles. The molecule has 31 heavy (non-hydrogen) atoms. The Morgan fingerprint density at radius 1 is 1.06 bits per heavy atom. The topological polar surface area (TPSA) is 131 Å². The number of nitrogens with one attached hydrogen (secondary N) is 2. The number of nitro benzene ring substituents is 1. The molecule has 0 aliphatic carbocycles. The Balaban J connectivity index is 1.90. The van der Waals surface area contributed by atoms with Crippen LogP contribution in [0, 0.1) is 10.1 Å². The second-order valence-electron chi connectivity index (χ2n) is 6.26. The largest absolute Gasteiger partial charge is 0.508 e. The van der Waals surface area contributed by atoms with Gasteiger partial charge in [0.15, 0.2) is 6.61 Å². The van der Waals surface area contributed by atoms with Crippen molar-refractivity contribution in [3.05, 3.63) is 63.7 Å². The Hall–Kier alpha value is -3.83. The molecule has 0 radical (unpaired) electrons. The van der Waals surface area contributed by atoms with Crippen molar-refractivity contribution < 1.29 is 37.5 Å². The molecule has 3 N–H and O–H groups in total. The number of phenolic OH excluding ortho intramolecular Hbond substituents is 1. The maximum Gasteiger partial charge on any atom is 0.422 e. The average molecular weight is 441 g/mol. The number of hydrogen-bond donors (Lipinski definition) is 3. The molecule has 2 aromatic rings. The number of phenols is 1. The van der Waals surface area contributed by atoms with Gasteiger partial charge in [0.25, 0.3) is 17.5 Å². The molecule has 2 aromatic carbocycles. The number of nitro groups is 1. The van der Waals surface area contributed by atoms with Crippen LogP contribution in [0.4, 0.5) is 18.9 Å². The number of halogens is 3. The Labute approximate surface area is 174 Å². The molecule has 0 atom stereocenters. The summed E-state index contributed by atoms with van der Waals surface area (Å²) in [6, 6.07) is 8.42. The minimum Gasteiger partial charge on any atom is -0.508 e. The summed E-state index contributed by atoms with van der Waals surface area (Å²) in [5.41, 5.74) is -0.794. The number of ether oxygens (including phenoxy) is 1. The predicted molar refractivity (Wildman–Crippen MR) is 102 cm³/mol. The van der Waals surface area contributed by atoms with E-state index in [2.05, 4.69) is 15.4 Å². The van der Waals surface area contributed by atoms with Crippen molar-refractivity contribution >= 4 is 17.5 Å². The van der Waals surface area contributed by atoms with Gasteiger partial charge in [0, 0.05) is 24.7 Å². The maximum atomic E-state index is 12.3. The van der Waals surface area contributed by atoms with Gasteiger partial charge in [0.05, 0.1) is 4.92 Å². The van der Waals surface area contributed by atoms with Crippen LogP contribution in [0.15, 0.2) is 42.5 Å². The van der Waals surface area contributed by atoms with Crippen LogP contribution >= 0.6 is 0 Å². The number of rotatable bonds is 9. The molecule has 2 amide bonds. The van der Waals surface area contributed by atoms with Crippen molar-refractivity contribution in [3.8, 4) is 11.5 Å². The fraction of sp³-hybridized carbons (Fsp3) is 0.263. The average Bonchev–Trinajstić information content (AvgIpc) is 2.70. The van der Waals surface area contributed by atoms with Crippen molar-refractivity contribution in [1.82, 2.24) is 10.6 Å². The SMILES string of the molecule is O=C(NCCCNC(=O)c1cc(OCC(F)(F)F)ccc1[N+](=O)[O-])c1cccc(O)c1. The van der Waals surface area contributed by atoms with E-state index in [0.717, 1.165) is 18.2 Å². The zero-order valence-corrected chi connectivity index (χ0v) is 15.9. The Bertz CT molecular complexity index is 965. The van der Waals surface area contributed by atoms with E-state index < -0.39 is 40.8 Å². The van der Waals surface area contributed by atoms with E-state index in [1.54, 1.807) is 0 Å². The number of hydrogen-bond acceptors (Lipinski definition) is 6. The minimum atomic E-state index is -4.60. The molecule has 0 aliphatic heterocycles. The van der Waals surface area contributed by atoms with E-state index in [1.807, 2.05) is 0 Å². The third-order valence-electron chi connectivity index (χ3n) is 3.84. The van der Waals surface area contributed by atoms with E-state index in [9.17, 15) is 38.0 Å². The lowest BCUT2D eigenvalue weighted by Crippen LogP contribution is -2.30. The summed E-state index contributed by atoms with van der Waals surface area (Å²) in [5, 5.41) is 25.4. The van der Waals surface area contributed by atoms with Crippen LogP contribution in [0.5, 0.6) is 11.5 Å².